The van der Waals surface area contributed by atoms with Crippen molar-refractivity contribution in [3.63, 3.8) is 0 Å². The Balaban J connectivity index is 2.17. The van der Waals surface area contributed by atoms with Crippen LogP contribution in [-0.2, 0) is 4.74 Å². The van der Waals surface area contributed by atoms with Gasteiger partial charge in [-0.05, 0) is 19.1 Å². The maximum absolute atomic E-state index is 11.2. The second-order valence-corrected chi connectivity index (χ2v) is 3.19. The molecule has 4 nitrogen and oxygen atoms in total. The van der Waals surface area contributed by atoms with Crippen LogP contribution in [-0.4, -0.2) is 30.1 Å². The van der Waals surface area contributed by atoms with Crippen LogP contribution in [0.2, 0.25) is 0 Å². The summed E-state index contributed by atoms with van der Waals surface area (Å²) in [7, 11) is 0. The number of Topliss-reactive ketones (excluding diaryl/α,β-unsaturated/α-hetero) is 1. The van der Waals surface area contributed by atoms with Gasteiger partial charge in [-0.25, -0.2) is 4.98 Å². The van der Waals surface area contributed by atoms with Gasteiger partial charge in [0.15, 0.2) is 5.78 Å². The van der Waals surface area contributed by atoms with E-state index in [1.807, 2.05) is 0 Å². The summed E-state index contributed by atoms with van der Waals surface area (Å²) in [5.41, 5.74) is 0.527. The van der Waals surface area contributed by atoms with Crippen LogP contribution in [0.5, 0.6) is 5.88 Å². The van der Waals surface area contributed by atoms with Crippen molar-refractivity contribution in [3.05, 3.63) is 23.9 Å². The number of carbonyl (C=O) groups is 1. The van der Waals surface area contributed by atoms with Gasteiger partial charge in [-0.15, -0.1) is 0 Å². The molecule has 1 aromatic rings. The largest absolute Gasteiger partial charge is 0.469 e. The maximum Gasteiger partial charge on any atom is 0.224 e. The molecule has 1 saturated heterocycles. The topological polar surface area (TPSA) is 48.4 Å². The molecule has 4 heteroatoms. The molecule has 0 aromatic carbocycles. The number of rotatable bonds is 3. The highest BCUT2D eigenvalue weighted by molar-refractivity contribution is 5.96. The van der Waals surface area contributed by atoms with Crippen molar-refractivity contribution in [1.29, 1.82) is 0 Å². The van der Waals surface area contributed by atoms with E-state index in [1.165, 1.54) is 6.92 Å². The molecule has 1 fully saturated rings. The van der Waals surface area contributed by atoms with Crippen LogP contribution in [0.3, 0.4) is 0 Å². The Morgan fingerprint density at radius 1 is 1.64 bits per heavy atom. The van der Waals surface area contributed by atoms with Gasteiger partial charge in [0.05, 0.1) is 18.8 Å². The first kappa shape index (κ1) is 9.15. The fourth-order valence-corrected chi connectivity index (χ4v) is 1.19. The summed E-state index contributed by atoms with van der Waals surface area (Å²) in [6.45, 7) is 2.66. The van der Waals surface area contributed by atoms with Crippen molar-refractivity contribution in [2.75, 3.05) is 13.2 Å². The fraction of sp³-hybridized carbons (Fsp3) is 0.400. The summed E-state index contributed by atoms with van der Waals surface area (Å²) < 4.78 is 10.5. The molecule has 1 aliphatic rings. The van der Waals surface area contributed by atoms with Crippen LogP contribution in [0.1, 0.15) is 17.3 Å². The highest BCUT2D eigenvalue weighted by atomic mass is 16.6. The minimum atomic E-state index is -0.0339. The summed E-state index contributed by atoms with van der Waals surface area (Å²) in [4.78, 5) is 15.2. The molecule has 2 heterocycles. The molecular formula is C10H11NO3. The van der Waals surface area contributed by atoms with Crippen LogP contribution in [0.15, 0.2) is 18.3 Å². The van der Waals surface area contributed by atoms with Gasteiger partial charge in [-0.1, -0.05) is 0 Å². The molecule has 1 aliphatic heterocycles. The Labute approximate surface area is 81.9 Å². The summed E-state index contributed by atoms with van der Waals surface area (Å²) in [5.74, 6) is 0.377. The monoisotopic (exact) mass is 193 g/mol. The second-order valence-electron chi connectivity index (χ2n) is 3.19. The number of pyridine rings is 1. The number of aromatic nitrogens is 1. The third-order valence-corrected chi connectivity index (χ3v) is 2.04. The molecule has 0 radical (unpaired) electrons. The van der Waals surface area contributed by atoms with Crippen molar-refractivity contribution in [1.82, 2.24) is 4.98 Å². The highest BCUT2D eigenvalue weighted by Crippen LogP contribution is 2.18. The first-order chi connectivity index (χ1) is 6.77. The fourth-order valence-electron chi connectivity index (χ4n) is 1.19. The Bertz CT molecular complexity index is 347. The van der Waals surface area contributed by atoms with E-state index in [4.69, 9.17) is 9.47 Å². The molecule has 2 rings (SSSR count). The Morgan fingerprint density at radius 2 is 2.43 bits per heavy atom. The molecule has 0 unspecified atom stereocenters. The molecule has 74 valence electrons. The second kappa shape index (κ2) is 3.75. The van der Waals surface area contributed by atoms with Gasteiger partial charge >= 0.3 is 0 Å². The smallest absolute Gasteiger partial charge is 0.224 e. The van der Waals surface area contributed by atoms with Crippen LogP contribution in [0.4, 0.5) is 0 Å². The maximum atomic E-state index is 11.2. The molecule has 0 N–H and O–H groups in total. The first-order valence-electron chi connectivity index (χ1n) is 4.47. The third-order valence-electron chi connectivity index (χ3n) is 2.04. The van der Waals surface area contributed by atoms with Gasteiger partial charge in [0.2, 0.25) is 5.88 Å². The van der Waals surface area contributed by atoms with Crippen molar-refractivity contribution in [3.8, 4) is 5.88 Å². The lowest BCUT2D eigenvalue weighted by atomic mass is 10.2. The molecule has 0 saturated carbocycles. The lowest BCUT2D eigenvalue weighted by molar-refractivity contribution is -0.0815. The summed E-state index contributed by atoms with van der Waals surface area (Å²) in [5, 5.41) is 0. The van der Waals surface area contributed by atoms with Gasteiger partial charge in [-0.3, -0.25) is 4.79 Å². The number of nitrogens with zero attached hydrogens (tertiary/aromatic N) is 1. The van der Waals surface area contributed by atoms with Crippen molar-refractivity contribution in [2.24, 2.45) is 0 Å². The zero-order valence-electron chi connectivity index (χ0n) is 7.90. The number of hydrogen-bond acceptors (Lipinski definition) is 4. The van der Waals surface area contributed by atoms with E-state index in [-0.39, 0.29) is 11.9 Å². The lowest BCUT2D eigenvalue weighted by Gasteiger charge is -2.26. The molecule has 0 atom stereocenters. The van der Waals surface area contributed by atoms with Crippen LogP contribution in [0, 0.1) is 0 Å². The molecule has 1 aromatic heterocycles. The third kappa shape index (κ3) is 1.75. The normalized spacial score (nSPS) is 16.1. The van der Waals surface area contributed by atoms with E-state index in [0.29, 0.717) is 24.7 Å². The van der Waals surface area contributed by atoms with Gasteiger partial charge < -0.3 is 9.47 Å². The summed E-state index contributed by atoms with van der Waals surface area (Å²) in [6, 6.07) is 3.44. The van der Waals surface area contributed by atoms with Crippen LogP contribution in [0.25, 0.3) is 0 Å². The Kier molecular flexibility index (Phi) is 2.45. The van der Waals surface area contributed by atoms with Crippen molar-refractivity contribution >= 4 is 5.78 Å². The number of carbonyl (C=O) groups excluding carboxylic acids is 1. The van der Waals surface area contributed by atoms with Gasteiger partial charge in [0, 0.05) is 6.20 Å². The quantitative estimate of drug-likeness (QED) is 0.673. The van der Waals surface area contributed by atoms with E-state index in [1.54, 1.807) is 18.3 Å². The van der Waals surface area contributed by atoms with Crippen LogP contribution >= 0.6 is 0 Å². The average Bonchev–Trinajstić information content (AvgIpc) is 2.12. The predicted molar refractivity (Wildman–Crippen MR) is 49.5 cm³/mol. The summed E-state index contributed by atoms with van der Waals surface area (Å²) >= 11 is 0. The zero-order valence-corrected chi connectivity index (χ0v) is 7.90. The van der Waals surface area contributed by atoms with Gasteiger partial charge in [0.25, 0.3) is 0 Å². The average molecular weight is 193 g/mol. The lowest BCUT2D eigenvalue weighted by Crippen LogP contribution is -2.39. The highest BCUT2D eigenvalue weighted by Gasteiger charge is 2.22. The van der Waals surface area contributed by atoms with E-state index in [0.717, 1.165) is 0 Å². The number of ether oxygens (including phenoxy) is 2. The number of ketones is 1. The summed E-state index contributed by atoms with van der Waals surface area (Å²) in [6.07, 6.45) is 1.66. The Morgan fingerprint density at radius 3 is 3.00 bits per heavy atom. The molecule has 0 aliphatic carbocycles. The predicted octanol–water partition coefficient (Wildman–Crippen LogP) is 1.06. The van der Waals surface area contributed by atoms with E-state index in [9.17, 15) is 4.79 Å². The molecule has 0 bridgehead atoms. The molecule has 0 spiro atoms. The Hall–Kier alpha value is -1.42. The SMILES string of the molecule is CC(=O)c1cccnc1OC1COC1. The van der Waals surface area contributed by atoms with Gasteiger partial charge in [-0.2, -0.15) is 0 Å². The van der Waals surface area contributed by atoms with E-state index in [2.05, 4.69) is 4.98 Å². The van der Waals surface area contributed by atoms with Crippen LogP contribution < -0.4 is 4.74 Å². The minimum Gasteiger partial charge on any atom is -0.469 e. The molecule has 14 heavy (non-hydrogen) atoms. The van der Waals surface area contributed by atoms with Crippen molar-refractivity contribution in [2.45, 2.75) is 13.0 Å². The molecular weight excluding hydrogens is 182 g/mol. The zero-order chi connectivity index (χ0) is 9.97. The van der Waals surface area contributed by atoms with Crippen molar-refractivity contribution < 1.29 is 14.3 Å². The van der Waals surface area contributed by atoms with Gasteiger partial charge in [0.1, 0.15) is 6.10 Å². The van der Waals surface area contributed by atoms with E-state index >= 15 is 0 Å². The minimum absolute atomic E-state index is 0.0339. The number of hydrogen-bond donors (Lipinski definition) is 0. The first-order valence-corrected chi connectivity index (χ1v) is 4.47. The molecule has 0 amide bonds. The standard InChI is InChI=1S/C10H11NO3/c1-7(12)9-3-2-4-11-10(9)14-8-5-13-6-8/h2-4,8H,5-6H2,1H3. The van der Waals surface area contributed by atoms with E-state index < -0.39 is 0 Å².